The number of ketones is 1. The number of benzene rings is 1. The molecule has 0 aliphatic carbocycles. The van der Waals surface area contributed by atoms with Crippen LogP contribution >= 0.6 is 15.9 Å². The maximum atomic E-state index is 11.9. The number of rotatable bonds is 7. The number of carbonyl (C=O) groups is 1. The highest BCUT2D eigenvalue weighted by Gasteiger charge is 2.30. The predicted octanol–water partition coefficient (Wildman–Crippen LogP) is 4.26. The summed E-state index contributed by atoms with van der Waals surface area (Å²) >= 11 is 3.25. The molecule has 0 N–H and O–H groups in total. The van der Waals surface area contributed by atoms with Crippen LogP contribution in [0.1, 0.15) is 24.8 Å². The fourth-order valence-electron chi connectivity index (χ4n) is 1.53. The molecule has 0 atom stereocenters. The molecule has 0 aliphatic rings. The SMILES string of the molecule is O=C(CCCBr)CCc1ccc(OC(F)(F)F)cc1. The number of hydrogen-bond acceptors (Lipinski definition) is 2. The monoisotopic (exact) mass is 338 g/mol. The van der Waals surface area contributed by atoms with Crippen molar-refractivity contribution >= 4 is 21.7 Å². The van der Waals surface area contributed by atoms with Gasteiger partial charge in [-0.25, -0.2) is 0 Å². The van der Waals surface area contributed by atoms with Gasteiger partial charge in [-0.2, -0.15) is 0 Å². The minimum atomic E-state index is -4.67. The van der Waals surface area contributed by atoms with Crippen molar-refractivity contribution in [2.24, 2.45) is 0 Å². The molecule has 0 heterocycles. The molecule has 0 amide bonds. The van der Waals surface area contributed by atoms with Gasteiger partial charge in [0.05, 0.1) is 0 Å². The third kappa shape index (κ3) is 7.20. The van der Waals surface area contributed by atoms with Crippen molar-refractivity contribution in [3.8, 4) is 5.75 Å². The van der Waals surface area contributed by atoms with E-state index in [1.165, 1.54) is 12.1 Å². The lowest BCUT2D eigenvalue weighted by Crippen LogP contribution is -2.17. The molecule has 0 aliphatic heterocycles. The first kappa shape index (κ1) is 16.0. The van der Waals surface area contributed by atoms with E-state index in [1.807, 2.05) is 0 Å². The van der Waals surface area contributed by atoms with Crippen molar-refractivity contribution in [2.45, 2.75) is 32.0 Å². The highest BCUT2D eigenvalue weighted by molar-refractivity contribution is 9.09. The number of halogens is 4. The molecular weight excluding hydrogens is 325 g/mol. The highest BCUT2D eigenvalue weighted by atomic mass is 79.9. The van der Waals surface area contributed by atoms with Crippen LogP contribution in [0.2, 0.25) is 0 Å². The van der Waals surface area contributed by atoms with E-state index >= 15 is 0 Å². The molecule has 19 heavy (non-hydrogen) atoms. The standard InChI is InChI=1S/C13H14BrF3O2/c14-9-1-2-11(18)6-3-10-4-7-12(8-5-10)19-13(15,16)17/h4-5,7-8H,1-3,6,9H2. The smallest absolute Gasteiger partial charge is 0.406 e. The molecule has 6 heteroatoms. The first-order valence-electron chi connectivity index (χ1n) is 5.83. The van der Waals surface area contributed by atoms with Crippen LogP contribution in [0.25, 0.3) is 0 Å². The number of alkyl halides is 4. The van der Waals surface area contributed by atoms with Crippen molar-refractivity contribution in [3.05, 3.63) is 29.8 Å². The van der Waals surface area contributed by atoms with Crippen LogP contribution in [0.5, 0.6) is 5.75 Å². The van der Waals surface area contributed by atoms with Gasteiger partial charge in [-0.1, -0.05) is 28.1 Å². The molecule has 0 aromatic heterocycles. The van der Waals surface area contributed by atoms with E-state index in [2.05, 4.69) is 20.7 Å². The van der Waals surface area contributed by atoms with Crippen LogP contribution in [-0.4, -0.2) is 17.5 Å². The summed E-state index contributed by atoms with van der Waals surface area (Å²) in [5, 5.41) is 0.794. The fourth-order valence-corrected chi connectivity index (χ4v) is 1.81. The molecule has 0 bridgehead atoms. The normalized spacial score (nSPS) is 11.4. The summed E-state index contributed by atoms with van der Waals surface area (Å²) in [7, 11) is 0. The summed E-state index contributed by atoms with van der Waals surface area (Å²) < 4.78 is 39.6. The van der Waals surface area contributed by atoms with E-state index in [9.17, 15) is 18.0 Å². The zero-order valence-corrected chi connectivity index (χ0v) is 11.8. The van der Waals surface area contributed by atoms with Gasteiger partial charge in [-0.3, -0.25) is 4.79 Å². The Bertz CT molecular complexity index is 401. The van der Waals surface area contributed by atoms with Crippen LogP contribution in [0.15, 0.2) is 24.3 Å². The van der Waals surface area contributed by atoms with Crippen LogP contribution in [-0.2, 0) is 11.2 Å². The molecule has 1 aromatic rings. The molecule has 0 radical (unpaired) electrons. The second-order valence-corrected chi connectivity index (χ2v) is 4.82. The Morgan fingerprint density at radius 1 is 1.16 bits per heavy atom. The van der Waals surface area contributed by atoms with E-state index in [0.29, 0.717) is 19.3 Å². The molecule has 106 valence electrons. The minimum absolute atomic E-state index is 0.162. The number of carbonyl (C=O) groups excluding carboxylic acids is 1. The van der Waals surface area contributed by atoms with Gasteiger partial charge in [0.25, 0.3) is 0 Å². The maximum Gasteiger partial charge on any atom is 0.573 e. The van der Waals surface area contributed by atoms with Gasteiger partial charge in [0.2, 0.25) is 0 Å². The number of aryl methyl sites for hydroxylation is 1. The quantitative estimate of drug-likeness (QED) is 0.694. The number of ether oxygens (including phenoxy) is 1. The molecule has 2 nitrogen and oxygen atoms in total. The van der Waals surface area contributed by atoms with Gasteiger partial charge in [0.15, 0.2) is 0 Å². The molecule has 0 saturated heterocycles. The van der Waals surface area contributed by atoms with Gasteiger partial charge < -0.3 is 4.74 Å². The lowest BCUT2D eigenvalue weighted by molar-refractivity contribution is -0.274. The van der Waals surface area contributed by atoms with Crippen molar-refractivity contribution in [2.75, 3.05) is 5.33 Å². The topological polar surface area (TPSA) is 26.3 Å². The van der Waals surface area contributed by atoms with Crippen molar-refractivity contribution < 1.29 is 22.7 Å². The average molecular weight is 339 g/mol. The summed E-state index contributed by atoms with van der Waals surface area (Å²) in [6.45, 7) is 0. The van der Waals surface area contributed by atoms with Crippen LogP contribution in [0.3, 0.4) is 0 Å². The molecule has 0 saturated carbocycles. The summed E-state index contributed by atoms with van der Waals surface area (Å²) in [4.78, 5) is 11.4. The van der Waals surface area contributed by atoms with Gasteiger partial charge in [0, 0.05) is 18.2 Å². The maximum absolute atomic E-state index is 11.9. The summed E-state index contributed by atoms with van der Waals surface area (Å²) in [6, 6.07) is 5.59. The lowest BCUT2D eigenvalue weighted by Gasteiger charge is -2.09. The molecule has 0 unspecified atom stereocenters. The lowest BCUT2D eigenvalue weighted by atomic mass is 10.1. The first-order chi connectivity index (χ1) is 8.90. The fraction of sp³-hybridized carbons (Fsp3) is 0.462. The summed E-state index contributed by atoms with van der Waals surface area (Å²) in [5.74, 6) is -0.0862. The van der Waals surface area contributed by atoms with E-state index < -0.39 is 6.36 Å². The Morgan fingerprint density at radius 3 is 2.32 bits per heavy atom. The Morgan fingerprint density at radius 2 is 1.79 bits per heavy atom. The molecule has 0 spiro atoms. The Labute approximate surface area is 118 Å². The van der Waals surface area contributed by atoms with E-state index in [1.54, 1.807) is 12.1 Å². The van der Waals surface area contributed by atoms with Crippen molar-refractivity contribution in [1.82, 2.24) is 0 Å². The summed E-state index contributed by atoms with van der Waals surface area (Å²) in [6.07, 6.45) is -2.40. The van der Waals surface area contributed by atoms with E-state index in [0.717, 1.165) is 17.3 Å². The first-order valence-corrected chi connectivity index (χ1v) is 6.95. The molecular formula is C13H14BrF3O2. The molecule has 0 fully saturated rings. The Kier molecular flexibility index (Phi) is 6.34. The van der Waals surface area contributed by atoms with Crippen LogP contribution in [0.4, 0.5) is 13.2 Å². The van der Waals surface area contributed by atoms with Crippen LogP contribution in [0, 0.1) is 0 Å². The number of Topliss-reactive ketones (excluding diaryl/α,β-unsaturated/α-hetero) is 1. The third-order valence-electron chi connectivity index (χ3n) is 2.44. The van der Waals surface area contributed by atoms with E-state index in [-0.39, 0.29) is 11.5 Å². The van der Waals surface area contributed by atoms with Gasteiger partial charge in [0.1, 0.15) is 11.5 Å². The largest absolute Gasteiger partial charge is 0.573 e. The summed E-state index contributed by atoms with van der Waals surface area (Å²) in [5.41, 5.74) is 0.821. The minimum Gasteiger partial charge on any atom is -0.406 e. The second-order valence-electron chi connectivity index (χ2n) is 4.02. The van der Waals surface area contributed by atoms with Gasteiger partial charge >= 0.3 is 6.36 Å². The van der Waals surface area contributed by atoms with Gasteiger partial charge in [-0.15, -0.1) is 13.2 Å². The second kappa shape index (κ2) is 7.53. The Balaban J connectivity index is 2.42. The zero-order chi connectivity index (χ0) is 14.3. The average Bonchev–Trinajstić information content (AvgIpc) is 2.33. The Hall–Kier alpha value is -1.04. The van der Waals surface area contributed by atoms with Crippen LogP contribution < -0.4 is 4.74 Å². The van der Waals surface area contributed by atoms with E-state index in [4.69, 9.17) is 0 Å². The molecule has 1 aromatic carbocycles. The highest BCUT2D eigenvalue weighted by Crippen LogP contribution is 2.23. The third-order valence-corrected chi connectivity index (χ3v) is 3.00. The van der Waals surface area contributed by atoms with Gasteiger partial charge in [-0.05, 0) is 30.5 Å². The molecule has 1 rings (SSSR count). The number of hydrogen-bond donors (Lipinski definition) is 0. The van der Waals surface area contributed by atoms with Crippen molar-refractivity contribution in [3.63, 3.8) is 0 Å². The van der Waals surface area contributed by atoms with Crippen molar-refractivity contribution in [1.29, 1.82) is 0 Å². The predicted molar refractivity (Wildman–Crippen MR) is 69.5 cm³/mol. The zero-order valence-electron chi connectivity index (χ0n) is 10.2.